The van der Waals surface area contributed by atoms with Crippen LogP contribution in [0.15, 0.2) is 24.4 Å². The molecular formula is C16H20N2O2S. The summed E-state index contributed by atoms with van der Waals surface area (Å²) in [6, 6.07) is 6.12. The molecule has 1 aromatic heterocycles. The van der Waals surface area contributed by atoms with Crippen LogP contribution in [0.4, 0.5) is 5.13 Å². The first-order chi connectivity index (χ1) is 10.0. The number of nitrogens with one attached hydrogen (secondary N) is 1. The average Bonchev–Trinajstić information content (AvgIpc) is 2.79. The number of hydrogen-bond donors (Lipinski definition) is 1. The molecule has 4 nitrogen and oxygen atoms in total. The molecule has 0 saturated heterocycles. The number of nitrogens with zero attached hydrogens (tertiary/aromatic N) is 1. The maximum atomic E-state index is 11.7. The molecule has 0 aliphatic heterocycles. The summed E-state index contributed by atoms with van der Waals surface area (Å²) in [5.74, 6) is 0.844. The number of carbonyl (C=O) groups is 1. The van der Waals surface area contributed by atoms with Crippen LogP contribution in [0.25, 0.3) is 0 Å². The molecule has 112 valence electrons. The van der Waals surface area contributed by atoms with Crippen LogP contribution in [0.2, 0.25) is 0 Å². The highest BCUT2D eigenvalue weighted by molar-refractivity contribution is 7.15. The van der Waals surface area contributed by atoms with Crippen molar-refractivity contribution < 1.29 is 9.53 Å². The highest BCUT2D eigenvalue weighted by atomic mass is 32.1. The van der Waals surface area contributed by atoms with E-state index in [-0.39, 0.29) is 5.91 Å². The minimum absolute atomic E-state index is 0.0200. The van der Waals surface area contributed by atoms with Gasteiger partial charge in [-0.2, -0.15) is 0 Å². The van der Waals surface area contributed by atoms with Gasteiger partial charge in [-0.25, -0.2) is 4.98 Å². The van der Waals surface area contributed by atoms with E-state index in [9.17, 15) is 4.79 Å². The molecule has 0 aliphatic carbocycles. The fraction of sp³-hybridized carbons (Fsp3) is 0.375. The predicted octanol–water partition coefficient (Wildman–Crippen LogP) is 3.87. The zero-order chi connectivity index (χ0) is 15.2. The van der Waals surface area contributed by atoms with Gasteiger partial charge in [-0.05, 0) is 50.5 Å². The Bertz CT molecular complexity index is 602. The normalized spacial score (nSPS) is 10.4. The lowest BCUT2D eigenvalue weighted by Gasteiger charge is -2.08. The second kappa shape index (κ2) is 7.22. The van der Waals surface area contributed by atoms with Crippen LogP contribution in [-0.4, -0.2) is 17.5 Å². The third-order valence-corrected chi connectivity index (χ3v) is 3.71. The van der Waals surface area contributed by atoms with Gasteiger partial charge in [0.15, 0.2) is 5.13 Å². The van der Waals surface area contributed by atoms with Gasteiger partial charge in [0.25, 0.3) is 0 Å². The number of hydrogen-bond acceptors (Lipinski definition) is 4. The number of carbonyl (C=O) groups excluding carboxylic acids is 1. The maximum absolute atomic E-state index is 11.7. The van der Waals surface area contributed by atoms with Gasteiger partial charge in [-0.1, -0.05) is 6.07 Å². The number of benzene rings is 1. The standard InChI is InChI=1S/C16H20N2O2S/c1-11-7-12(2)9-14(8-11)20-6-4-5-15(19)18-16-17-10-13(3)21-16/h7-10H,4-6H2,1-3H3,(H,17,18,19). The Kier molecular flexibility index (Phi) is 5.33. The molecular weight excluding hydrogens is 284 g/mol. The van der Waals surface area contributed by atoms with E-state index >= 15 is 0 Å². The fourth-order valence-corrected chi connectivity index (χ4v) is 2.71. The Morgan fingerprint density at radius 2 is 1.95 bits per heavy atom. The Morgan fingerprint density at radius 3 is 2.57 bits per heavy atom. The van der Waals surface area contributed by atoms with Crippen molar-refractivity contribution in [2.45, 2.75) is 33.6 Å². The molecule has 1 N–H and O–H groups in total. The van der Waals surface area contributed by atoms with Crippen molar-refractivity contribution in [1.29, 1.82) is 0 Å². The fourth-order valence-electron chi connectivity index (χ4n) is 2.03. The van der Waals surface area contributed by atoms with E-state index < -0.39 is 0 Å². The maximum Gasteiger partial charge on any atom is 0.226 e. The molecule has 1 amide bonds. The number of aryl methyl sites for hydroxylation is 3. The summed E-state index contributed by atoms with van der Waals surface area (Å²) in [6.45, 7) is 6.59. The molecule has 0 atom stereocenters. The second-order valence-electron chi connectivity index (χ2n) is 5.10. The predicted molar refractivity (Wildman–Crippen MR) is 86.1 cm³/mol. The largest absolute Gasteiger partial charge is 0.494 e. The molecule has 0 unspecified atom stereocenters. The number of thiazole rings is 1. The molecule has 0 aliphatic rings. The van der Waals surface area contributed by atoms with Gasteiger partial charge in [0.1, 0.15) is 5.75 Å². The van der Waals surface area contributed by atoms with Gasteiger partial charge >= 0.3 is 0 Å². The summed E-state index contributed by atoms with van der Waals surface area (Å²) in [7, 11) is 0. The van der Waals surface area contributed by atoms with Gasteiger partial charge in [0.05, 0.1) is 6.61 Å². The van der Waals surface area contributed by atoms with Crippen molar-refractivity contribution in [3.8, 4) is 5.75 Å². The molecule has 5 heteroatoms. The first-order valence-corrected chi connectivity index (χ1v) is 7.78. The quantitative estimate of drug-likeness (QED) is 0.824. The van der Waals surface area contributed by atoms with Crippen LogP contribution in [0.1, 0.15) is 28.8 Å². The Hall–Kier alpha value is -1.88. The van der Waals surface area contributed by atoms with E-state index in [2.05, 4.69) is 16.4 Å². The van der Waals surface area contributed by atoms with Crippen molar-refractivity contribution in [2.75, 3.05) is 11.9 Å². The number of anilines is 1. The third-order valence-electron chi connectivity index (χ3n) is 2.88. The zero-order valence-electron chi connectivity index (χ0n) is 12.6. The topological polar surface area (TPSA) is 51.2 Å². The van der Waals surface area contributed by atoms with E-state index in [4.69, 9.17) is 4.74 Å². The summed E-state index contributed by atoms with van der Waals surface area (Å²) in [5, 5.41) is 3.45. The number of amides is 1. The summed E-state index contributed by atoms with van der Waals surface area (Å²) in [6.07, 6.45) is 2.87. The lowest BCUT2D eigenvalue weighted by atomic mass is 10.1. The molecule has 0 saturated carbocycles. The molecule has 21 heavy (non-hydrogen) atoms. The number of ether oxygens (including phenoxy) is 1. The highest BCUT2D eigenvalue weighted by Gasteiger charge is 2.05. The second-order valence-corrected chi connectivity index (χ2v) is 6.33. The van der Waals surface area contributed by atoms with Crippen LogP contribution in [0.5, 0.6) is 5.75 Å². The van der Waals surface area contributed by atoms with E-state index in [1.165, 1.54) is 22.5 Å². The molecule has 0 radical (unpaired) electrons. The van der Waals surface area contributed by atoms with E-state index in [1.807, 2.05) is 32.9 Å². The van der Waals surface area contributed by atoms with Crippen molar-refractivity contribution in [3.63, 3.8) is 0 Å². The zero-order valence-corrected chi connectivity index (χ0v) is 13.4. The first-order valence-electron chi connectivity index (χ1n) is 6.96. The average molecular weight is 304 g/mol. The molecule has 1 aromatic carbocycles. The summed E-state index contributed by atoms with van der Waals surface area (Å²) >= 11 is 1.48. The van der Waals surface area contributed by atoms with Gasteiger partial charge in [-0.3, -0.25) is 4.79 Å². The van der Waals surface area contributed by atoms with Crippen LogP contribution in [0, 0.1) is 20.8 Å². The Morgan fingerprint density at radius 1 is 1.24 bits per heavy atom. The van der Waals surface area contributed by atoms with Crippen LogP contribution in [0.3, 0.4) is 0 Å². The summed E-state index contributed by atoms with van der Waals surface area (Å²) in [5.41, 5.74) is 2.36. The van der Waals surface area contributed by atoms with Crippen molar-refractivity contribution in [2.24, 2.45) is 0 Å². The van der Waals surface area contributed by atoms with Gasteiger partial charge in [-0.15, -0.1) is 11.3 Å². The summed E-state index contributed by atoms with van der Waals surface area (Å²) < 4.78 is 5.68. The lowest BCUT2D eigenvalue weighted by molar-refractivity contribution is -0.116. The third kappa shape index (κ3) is 5.19. The minimum atomic E-state index is -0.0200. The van der Waals surface area contributed by atoms with E-state index in [1.54, 1.807) is 6.20 Å². The number of rotatable bonds is 6. The van der Waals surface area contributed by atoms with Crippen molar-refractivity contribution >= 4 is 22.4 Å². The molecule has 2 rings (SSSR count). The highest BCUT2D eigenvalue weighted by Crippen LogP contribution is 2.18. The minimum Gasteiger partial charge on any atom is -0.494 e. The molecule has 0 bridgehead atoms. The molecule has 1 heterocycles. The Labute approximate surface area is 129 Å². The van der Waals surface area contributed by atoms with Crippen LogP contribution in [-0.2, 0) is 4.79 Å². The SMILES string of the molecule is Cc1cc(C)cc(OCCCC(=O)Nc2ncc(C)s2)c1. The molecule has 0 spiro atoms. The van der Waals surface area contributed by atoms with E-state index in [0.717, 1.165) is 10.6 Å². The monoisotopic (exact) mass is 304 g/mol. The Balaban J connectivity index is 1.70. The molecule has 2 aromatic rings. The molecule has 0 fully saturated rings. The van der Waals surface area contributed by atoms with Crippen molar-refractivity contribution in [3.05, 3.63) is 40.4 Å². The van der Waals surface area contributed by atoms with Gasteiger partial charge in [0.2, 0.25) is 5.91 Å². The van der Waals surface area contributed by atoms with Crippen LogP contribution >= 0.6 is 11.3 Å². The van der Waals surface area contributed by atoms with Gasteiger partial charge < -0.3 is 10.1 Å². The first kappa shape index (κ1) is 15.5. The number of aromatic nitrogens is 1. The smallest absolute Gasteiger partial charge is 0.226 e. The van der Waals surface area contributed by atoms with Gasteiger partial charge in [0, 0.05) is 17.5 Å². The summed E-state index contributed by atoms with van der Waals surface area (Å²) in [4.78, 5) is 16.9. The van der Waals surface area contributed by atoms with Crippen molar-refractivity contribution in [1.82, 2.24) is 4.98 Å². The lowest BCUT2D eigenvalue weighted by Crippen LogP contribution is -2.12. The van der Waals surface area contributed by atoms with E-state index in [0.29, 0.717) is 24.6 Å². The van der Waals surface area contributed by atoms with Crippen LogP contribution < -0.4 is 10.1 Å².